The fraction of sp³-hybridized carbons (Fsp3) is 0.875. The zero-order valence-corrected chi connectivity index (χ0v) is 12.0. The second-order valence-corrected chi connectivity index (χ2v) is 6.01. The Morgan fingerprint density at radius 2 is 1.94 bits per heavy atom. The van der Waals surface area contributed by atoms with E-state index in [2.05, 4.69) is 26.8 Å². The zero-order valence-electron chi connectivity index (χ0n) is 12.0. The van der Waals surface area contributed by atoms with Gasteiger partial charge in [-0.15, -0.1) is 0 Å². The van der Waals surface area contributed by atoms with E-state index >= 15 is 0 Å². The number of hydrogen-bond donors (Lipinski definition) is 0. The normalized spacial score (nSPS) is 19.0. The molecule has 0 aromatic rings. The molecule has 0 bridgehead atoms. The molecule has 0 aromatic carbocycles. The highest BCUT2D eigenvalue weighted by Crippen LogP contribution is 2.23. The van der Waals surface area contributed by atoms with Crippen LogP contribution in [0.1, 0.15) is 65.7 Å². The summed E-state index contributed by atoms with van der Waals surface area (Å²) in [5, 5.41) is 0. The fourth-order valence-corrected chi connectivity index (χ4v) is 2.53. The molecule has 1 atom stereocenters. The van der Waals surface area contributed by atoms with Gasteiger partial charge in [-0.3, -0.25) is 0 Å². The number of rotatable bonds is 7. The Kier molecular flexibility index (Phi) is 7.59. The van der Waals surface area contributed by atoms with Gasteiger partial charge >= 0.3 is 0 Å². The predicted molar refractivity (Wildman–Crippen MR) is 75.2 cm³/mol. The lowest BCUT2D eigenvalue weighted by Gasteiger charge is -2.22. The standard InChI is InChI=1S/C16H30O/c1-14(2)8-7-9-15(3)12-17-13-16-10-5-4-6-11-16/h8,15-16H,4-7,9-13H2,1-3H3. The summed E-state index contributed by atoms with van der Waals surface area (Å²) in [6.45, 7) is 8.61. The summed E-state index contributed by atoms with van der Waals surface area (Å²) in [5.41, 5.74) is 1.43. The lowest BCUT2D eigenvalue weighted by atomic mass is 9.90. The van der Waals surface area contributed by atoms with Crippen molar-refractivity contribution < 1.29 is 4.74 Å². The summed E-state index contributed by atoms with van der Waals surface area (Å²) >= 11 is 0. The highest BCUT2D eigenvalue weighted by Gasteiger charge is 2.13. The van der Waals surface area contributed by atoms with E-state index in [-0.39, 0.29) is 0 Å². The molecular formula is C16H30O. The Hall–Kier alpha value is -0.300. The molecule has 0 spiro atoms. The van der Waals surface area contributed by atoms with Crippen LogP contribution < -0.4 is 0 Å². The van der Waals surface area contributed by atoms with Crippen molar-refractivity contribution in [3.8, 4) is 0 Å². The SMILES string of the molecule is CC(C)=CCCC(C)COCC1CCCCC1. The minimum Gasteiger partial charge on any atom is -0.381 e. The van der Waals surface area contributed by atoms with Gasteiger partial charge < -0.3 is 4.74 Å². The third-order valence-corrected chi connectivity index (χ3v) is 3.69. The van der Waals surface area contributed by atoms with Gasteiger partial charge in [0.2, 0.25) is 0 Å². The van der Waals surface area contributed by atoms with Crippen molar-refractivity contribution in [2.75, 3.05) is 13.2 Å². The van der Waals surface area contributed by atoms with Crippen LogP contribution in [0.4, 0.5) is 0 Å². The molecule has 0 amide bonds. The molecule has 1 heteroatoms. The van der Waals surface area contributed by atoms with E-state index in [0.29, 0.717) is 5.92 Å². The molecule has 0 aromatic heterocycles. The van der Waals surface area contributed by atoms with E-state index in [1.807, 2.05) is 0 Å². The van der Waals surface area contributed by atoms with Crippen molar-refractivity contribution in [1.82, 2.24) is 0 Å². The van der Waals surface area contributed by atoms with Crippen molar-refractivity contribution in [2.24, 2.45) is 11.8 Å². The molecule has 1 nitrogen and oxygen atoms in total. The monoisotopic (exact) mass is 238 g/mol. The molecule has 1 aliphatic carbocycles. The smallest absolute Gasteiger partial charge is 0.0494 e. The van der Waals surface area contributed by atoms with Crippen LogP contribution in [-0.2, 0) is 4.74 Å². The van der Waals surface area contributed by atoms with Crippen LogP contribution in [0.2, 0.25) is 0 Å². The van der Waals surface area contributed by atoms with Crippen molar-refractivity contribution in [3.05, 3.63) is 11.6 Å². The van der Waals surface area contributed by atoms with Gasteiger partial charge in [0.1, 0.15) is 0 Å². The minimum atomic E-state index is 0.703. The van der Waals surface area contributed by atoms with Crippen LogP contribution in [-0.4, -0.2) is 13.2 Å². The maximum atomic E-state index is 5.87. The topological polar surface area (TPSA) is 9.23 Å². The Morgan fingerprint density at radius 3 is 2.59 bits per heavy atom. The minimum absolute atomic E-state index is 0.703. The number of ether oxygens (including phenoxy) is 1. The molecule has 0 saturated heterocycles. The largest absolute Gasteiger partial charge is 0.381 e. The van der Waals surface area contributed by atoms with E-state index < -0.39 is 0 Å². The van der Waals surface area contributed by atoms with Gasteiger partial charge in [-0.25, -0.2) is 0 Å². The van der Waals surface area contributed by atoms with Gasteiger partial charge in [0, 0.05) is 13.2 Å². The Balaban J connectivity index is 1.99. The van der Waals surface area contributed by atoms with Gasteiger partial charge in [-0.05, 0) is 51.4 Å². The first-order chi connectivity index (χ1) is 8.18. The van der Waals surface area contributed by atoms with Crippen molar-refractivity contribution in [3.63, 3.8) is 0 Å². The lowest BCUT2D eigenvalue weighted by molar-refractivity contribution is 0.0625. The highest BCUT2D eigenvalue weighted by molar-refractivity contribution is 4.92. The average molecular weight is 238 g/mol. The first-order valence-electron chi connectivity index (χ1n) is 7.39. The summed E-state index contributed by atoms with van der Waals surface area (Å²) in [4.78, 5) is 0. The Morgan fingerprint density at radius 1 is 1.24 bits per heavy atom. The molecular weight excluding hydrogens is 208 g/mol. The zero-order chi connectivity index (χ0) is 12.5. The summed E-state index contributed by atoms with van der Waals surface area (Å²) < 4.78 is 5.87. The molecule has 100 valence electrons. The summed E-state index contributed by atoms with van der Waals surface area (Å²) in [5.74, 6) is 1.56. The quantitative estimate of drug-likeness (QED) is 0.569. The molecule has 1 rings (SSSR count). The molecule has 17 heavy (non-hydrogen) atoms. The molecule has 1 unspecified atom stereocenters. The van der Waals surface area contributed by atoms with Crippen LogP contribution in [0, 0.1) is 11.8 Å². The first-order valence-corrected chi connectivity index (χ1v) is 7.39. The van der Waals surface area contributed by atoms with Crippen LogP contribution >= 0.6 is 0 Å². The summed E-state index contributed by atoms with van der Waals surface area (Å²) in [7, 11) is 0. The average Bonchev–Trinajstić information content (AvgIpc) is 2.30. The lowest BCUT2D eigenvalue weighted by Crippen LogP contribution is -2.16. The van der Waals surface area contributed by atoms with E-state index in [1.165, 1.54) is 50.5 Å². The van der Waals surface area contributed by atoms with E-state index in [1.54, 1.807) is 0 Å². The van der Waals surface area contributed by atoms with Crippen LogP contribution in [0.5, 0.6) is 0 Å². The third-order valence-electron chi connectivity index (χ3n) is 3.69. The molecule has 0 radical (unpaired) electrons. The van der Waals surface area contributed by atoms with Crippen LogP contribution in [0.3, 0.4) is 0 Å². The van der Waals surface area contributed by atoms with Gasteiger partial charge in [0.15, 0.2) is 0 Å². The predicted octanol–water partition coefficient (Wildman–Crippen LogP) is 4.97. The fourth-order valence-electron chi connectivity index (χ4n) is 2.53. The maximum Gasteiger partial charge on any atom is 0.0494 e. The van der Waals surface area contributed by atoms with E-state index in [0.717, 1.165) is 19.1 Å². The molecule has 1 fully saturated rings. The van der Waals surface area contributed by atoms with Gasteiger partial charge in [0.05, 0.1) is 0 Å². The molecule has 0 N–H and O–H groups in total. The van der Waals surface area contributed by atoms with Crippen molar-refractivity contribution >= 4 is 0 Å². The van der Waals surface area contributed by atoms with Crippen LogP contribution in [0.15, 0.2) is 11.6 Å². The van der Waals surface area contributed by atoms with Crippen molar-refractivity contribution in [1.29, 1.82) is 0 Å². The Bertz CT molecular complexity index is 210. The molecule has 1 saturated carbocycles. The van der Waals surface area contributed by atoms with Gasteiger partial charge in [-0.1, -0.05) is 37.8 Å². The second-order valence-electron chi connectivity index (χ2n) is 6.01. The third kappa shape index (κ3) is 7.59. The van der Waals surface area contributed by atoms with E-state index in [9.17, 15) is 0 Å². The summed E-state index contributed by atoms with van der Waals surface area (Å²) in [6, 6.07) is 0. The first kappa shape index (κ1) is 14.8. The van der Waals surface area contributed by atoms with Gasteiger partial charge in [-0.2, -0.15) is 0 Å². The molecule has 1 aliphatic rings. The molecule has 0 heterocycles. The van der Waals surface area contributed by atoms with Gasteiger partial charge in [0.25, 0.3) is 0 Å². The van der Waals surface area contributed by atoms with E-state index in [4.69, 9.17) is 4.74 Å². The van der Waals surface area contributed by atoms with Crippen LogP contribution in [0.25, 0.3) is 0 Å². The van der Waals surface area contributed by atoms with Crippen molar-refractivity contribution in [2.45, 2.75) is 65.7 Å². The highest BCUT2D eigenvalue weighted by atomic mass is 16.5. The second kappa shape index (κ2) is 8.74. The number of hydrogen-bond acceptors (Lipinski definition) is 1. The maximum absolute atomic E-state index is 5.87. The number of allylic oxidation sites excluding steroid dienone is 2. The Labute approximate surface area is 108 Å². The molecule has 0 aliphatic heterocycles. The summed E-state index contributed by atoms with van der Waals surface area (Å²) in [6.07, 6.45) is 11.9.